The molecule has 0 bridgehead atoms. The number of nitrogens with one attached hydrogen (secondary N) is 1. The molecule has 1 aromatic rings. The average molecular weight is 229 g/mol. The van der Waals surface area contributed by atoms with Crippen LogP contribution in [0.5, 0.6) is 0 Å². The van der Waals surface area contributed by atoms with Crippen molar-refractivity contribution in [1.29, 1.82) is 0 Å². The van der Waals surface area contributed by atoms with Gasteiger partial charge in [-0.3, -0.25) is 0 Å². The molecule has 0 atom stereocenters. The Bertz CT molecular complexity index is 380. The molecule has 1 nitrogen and oxygen atoms in total. The van der Waals surface area contributed by atoms with Gasteiger partial charge in [-0.2, -0.15) is 13.2 Å². The van der Waals surface area contributed by atoms with Crippen molar-refractivity contribution in [3.63, 3.8) is 0 Å². The van der Waals surface area contributed by atoms with Gasteiger partial charge >= 0.3 is 6.18 Å². The minimum atomic E-state index is -4.26. The molecule has 0 aromatic heterocycles. The smallest absolute Gasteiger partial charge is 0.385 e. The van der Waals surface area contributed by atoms with Gasteiger partial charge in [0, 0.05) is 12.2 Å². The molecule has 1 aromatic carbocycles. The largest absolute Gasteiger partial charge is 0.416 e. The Labute approximate surface area is 92.7 Å². The molecule has 88 valence electrons. The first-order valence-corrected chi connectivity index (χ1v) is 5.38. The van der Waals surface area contributed by atoms with Crippen LogP contribution in [0.25, 0.3) is 0 Å². The zero-order chi connectivity index (χ0) is 11.8. The lowest BCUT2D eigenvalue weighted by Crippen LogP contribution is -2.09. The van der Waals surface area contributed by atoms with Gasteiger partial charge in [-0.15, -0.1) is 0 Å². The summed E-state index contributed by atoms with van der Waals surface area (Å²) in [5, 5.41) is 3.05. The number of anilines is 1. The van der Waals surface area contributed by atoms with Crippen LogP contribution < -0.4 is 5.32 Å². The third-order valence-corrected chi connectivity index (χ3v) is 2.83. The molecule has 1 N–H and O–H groups in total. The molecule has 0 aliphatic heterocycles. The van der Waals surface area contributed by atoms with Gasteiger partial charge in [0.25, 0.3) is 0 Å². The lowest BCUT2D eigenvalue weighted by molar-refractivity contribution is -0.138. The molecule has 0 radical (unpaired) electrons. The molecule has 0 unspecified atom stereocenters. The zero-order valence-electron chi connectivity index (χ0n) is 9.06. The highest BCUT2D eigenvalue weighted by Gasteiger charge is 2.32. The Kier molecular flexibility index (Phi) is 2.82. The summed E-state index contributed by atoms with van der Waals surface area (Å²) in [5.74, 6) is 0.649. The summed E-state index contributed by atoms with van der Waals surface area (Å²) in [6.45, 7) is 2.26. The first-order valence-electron chi connectivity index (χ1n) is 5.38. The van der Waals surface area contributed by atoms with Crippen LogP contribution >= 0.6 is 0 Å². The molecule has 0 amide bonds. The second kappa shape index (κ2) is 4.00. The SMILES string of the molecule is Cc1ccc(NCC2CC2)cc1C(F)(F)F. The van der Waals surface area contributed by atoms with E-state index in [0.29, 0.717) is 11.6 Å². The van der Waals surface area contributed by atoms with Crippen molar-refractivity contribution in [1.82, 2.24) is 0 Å². The van der Waals surface area contributed by atoms with Gasteiger partial charge in [-0.05, 0) is 43.4 Å². The van der Waals surface area contributed by atoms with Crippen LogP contribution in [-0.2, 0) is 6.18 Å². The van der Waals surface area contributed by atoms with Gasteiger partial charge < -0.3 is 5.32 Å². The standard InChI is InChI=1S/C12H14F3N/c1-8-2-5-10(16-7-9-3-4-9)6-11(8)12(13,14)15/h2,5-6,9,16H,3-4,7H2,1H3. The minimum absolute atomic E-state index is 0.268. The summed E-state index contributed by atoms with van der Waals surface area (Å²) in [6, 6.07) is 4.41. The van der Waals surface area contributed by atoms with E-state index in [9.17, 15) is 13.2 Å². The van der Waals surface area contributed by atoms with Crippen molar-refractivity contribution in [2.75, 3.05) is 11.9 Å². The van der Waals surface area contributed by atoms with Crippen molar-refractivity contribution >= 4 is 5.69 Å². The molecule has 1 saturated carbocycles. The van der Waals surface area contributed by atoms with E-state index in [0.717, 1.165) is 6.54 Å². The third kappa shape index (κ3) is 2.68. The molecule has 0 saturated heterocycles. The highest BCUT2D eigenvalue weighted by atomic mass is 19.4. The van der Waals surface area contributed by atoms with Crippen LogP contribution in [0, 0.1) is 12.8 Å². The Balaban J connectivity index is 2.13. The maximum Gasteiger partial charge on any atom is 0.416 e. The number of hydrogen-bond acceptors (Lipinski definition) is 1. The first-order chi connectivity index (χ1) is 7.47. The highest BCUT2D eigenvalue weighted by Crippen LogP contribution is 2.34. The molecule has 0 spiro atoms. The summed E-state index contributed by atoms with van der Waals surface area (Å²) in [6.07, 6.45) is -1.89. The maximum absolute atomic E-state index is 12.6. The number of rotatable bonds is 3. The maximum atomic E-state index is 12.6. The van der Waals surface area contributed by atoms with Crippen LogP contribution in [0.4, 0.5) is 18.9 Å². The zero-order valence-corrected chi connectivity index (χ0v) is 9.06. The molecule has 0 heterocycles. The molecule has 4 heteroatoms. The Morgan fingerprint density at radius 3 is 2.56 bits per heavy atom. The Morgan fingerprint density at radius 2 is 2.00 bits per heavy atom. The van der Waals surface area contributed by atoms with Crippen molar-refractivity contribution in [3.8, 4) is 0 Å². The normalized spacial score (nSPS) is 16.2. The van der Waals surface area contributed by atoms with Crippen molar-refractivity contribution < 1.29 is 13.2 Å². The van der Waals surface area contributed by atoms with Crippen molar-refractivity contribution in [2.45, 2.75) is 25.9 Å². The lowest BCUT2D eigenvalue weighted by Gasteiger charge is -2.13. The van der Waals surface area contributed by atoms with Crippen LogP contribution in [0.3, 0.4) is 0 Å². The van der Waals surface area contributed by atoms with E-state index >= 15 is 0 Å². The van der Waals surface area contributed by atoms with E-state index in [1.807, 2.05) is 0 Å². The van der Waals surface area contributed by atoms with Gasteiger partial charge in [-0.1, -0.05) is 6.07 Å². The van der Waals surface area contributed by atoms with Gasteiger partial charge in [0.1, 0.15) is 0 Å². The minimum Gasteiger partial charge on any atom is -0.385 e. The number of hydrogen-bond donors (Lipinski definition) is 1. The number of aryl methyl sites for hydroxylation is 1. The second-order valence-electron chi connectivity index (χ2n) is 4.35. The molecular formula is C12H14F3N. The molecule has 1 aliphatic carbocycles. The summed E-state index contributed by atoms with van der Waals surface area (Å²) < 4.78 is 37.8. The predicted octanol–water partition coefficient (Wildman–Crippen LogP) is 3.84. The monoisotopic (exact) mass is 229 g/mol. The predicted molar refractivity (Wildman–Crippen MR) is 57.4 cm³/mol. The number of halogens is 3. The lowest BCUT2D eigenvalue weighted by atomic mass is 10.1. The van der Waals surface area contributed by atoms with Gasteiger partial charge in [0.05, 0.1) is 5.56 Å². The molecular weight excluding hydrogens is 215 g/mol. The fourth-order valence-electron chi connectivity index (χ4n) is 1.62. The number of alkyl halides is 3. The quantitative estimate of drug-likeness (QED) is 0.830. The second-order valence-corrected chi connectivity index (χ2v) is 4.35. The average Bonchev–Trinajstić information content (AvgIpc) is 2.98. The van der Waals surface area contributed by atoms with E-state index in [2.05, 4.69) is 5.32 Å². The fourth-order valence-corrected chi connectivity index (χ4v) is 1.62. The highest BCUT2D eigenvalue weighted by molar-refractivity contribution is 5.49. The van der Waals surface area contributed by atoms with Crippen LogP contribution in [0.2, 0.25) is 0 Å². The molecule has 16 heavy (non-hydrogen) atoms. The van der Waals surface area contributed by atoms with E-state index in [4.69, 9.17) is 0 Å². The Hall–Kier alpha value is -1.19. The van der Waals surface area contributed by atoms with Crippen LogP contribution in [0.1, 0.15) is 24.0 Å². The van der Waals surface area contributed by atoms with E-state index in [1.165, 1.54) is 31.9 Å². The molecule has 1 aliphatic rings. The molecule has 2 rings (SSSR count). The summed E-state index contributed by atoms with van der Waals surface area (Å²) in [4.78, 5) is 0. The fraction of sp³-hybridized carbons (Fsp3) is 0.500. The summed E-state index contributed by atoms with van der Waals surface area (Å²) >= 11 is 0. The van der Waals surface area contributed by atoms with Crippen molar-refractivity contribution in [3.05, 3.63) is 29.3 Å². The summed E-state index contributed by atoms with van der Waals surface area (Å²) in [5.41, 5.74) is 0.280. The van der Waals surface area contributed by atoms with Gasteiger partial charge in [-0.25, -0.2) is 0 Å². The molecule has 1 fully saturated rings. The van der Waals surface area contributed by atoms with Gasteiger partial charge in [0.2, 0.25) is 0 Å². The first kappa shape index (κ1) is 11.3. The number of benzene rings is 1. The van der Waals surface area contributed by atoms with Crippen molar-refractivity contribution in [2.24, 2.45) is 5.92 Å². The Morgan fingerprint density at radius 1 is 1.31 bits per heavy atom. The third-order valence-electron chi connectivity index (χ3n) is 2.83. The summed E-state index contributed by atoms with van der Waals surface area (Å²) in [7, 11) is 0. The van der Waals surface area contributed by atoms with Crippen LogP contribution in [-0.4, -0.2) is 6.54 Å². The van der Waals surface area contributed by atoms with Crippen LogP contribution in [0.15, 0.2) is 18.2 Å². The topological polar surface area (TPSA) is 12.0 Å². The van der Waals surface area contributed by atoms with E-state index in [-0.39, 0.29) is 5.56 Å². The van der Waals surface area contributed by atoms with Gasteiger partial charge in [0.15, 0.2) is 0 Å². The van der Waals surface area contributed by atoms with E-state index < -0.39 is 11.7 Å². The van der Waals surface area contributed by atoms with E-state index in [1.54, 1.807) is 6.07 Å².